The van der Waals surface area contributed by atoms with Gasteiger partial charge in [-0.3, -0.25) is 4.40 Å². The van der Waals surface area contributed by atoms with E-state index in [4.69, 9.17) is 4.42 Å². The Morgan fingerprint density at radius 1 is 1.07 bits per heavy atom. The number of aryl methyl sites for hydroxylation is 1. The Kier molecular flexibility index (Phi) is 4.21. The normalized spacial score (nSPS) is 11.6. The fourth-order valence-corrected chi connectivity index (χ4v) is 4.72. The predicted molar refractivity (Wildman–Crippen MR) is 115 cm³/mol. The summed E-state index contributed by atoms with van der Waals surface area (Å²) < 4.78 is 8.27. The molecule has 0 atom stereocenters. The summed E-state index contributed by atoms with van der Waals surface area (Å²) in [5.74, 6) is 0.590. The standard InChI is InChI=1S/C21H14BrN3O2S/c1-12-8-19-23-24-21(25(19)17-5-3-2-4-15(12)17)28-11-13-9-20(26)27-18-10-14(22)6-7-16(13)18/h2-10H,11H2,1H3. The first-order chi connectivity index (χ1) is 13.6. The Morgan fingerprint density at radius 2 is 1.93 bits per heavy atom. The van der Waals surface area contributed by atoms with E-state index in [-0.39, 0.29) is 5.63 Å². The third-order valence-corrected chi connectivity index (χ3v) is 6.19. The van der Waals surface area contributed by atoms with E-state index in [0.29, 0.717) is 11.3 Å². The molecule has 0 aliphatic heterocycles. The lowest BCUT2D eigenvalue weighted by Crippen LogP contribution is -2.00. The number of hydrogen-bond acceptors (Lipinski definition) is 5. The minimum Gasteiger partial charge on any atom is -0.423 e. The molecule has 0 saturated heterocycles. The highest BCUT2D eigenvalue weighted by Gasteiger charge is 2.13. The van der Waals surface area contributed by atoms with E-state index in [1.807, 2.05) is 36.4 Å². The molecule has 0 fully saturated rings. The topological polar surface area (TPSA) is 60.4 Å². The van der Waals surface area contributed by atoms with Crippen molar-refractivity contribution in [3.05, 3.63) is 80.6 Å². The molecule has 5 nitrogen and oxygen atoms in total. The number of hydrogen-bond donors (Lipinski definition) is 0. The third kappa shape index (κ3) is 2.91. The van der Waals surface area contributed by atoms with Crippen LogP contribution >= 0.6 is 27.7 Å². The van der Waals surface area contributed by atoms with Crippen molar-refractivity contribution in [3.63, 3.8) is 0 Å². The molecular weight excluding hydrogens is 438 g/mol. The molecule has 3 heterocycles. The van der Waals surface area contributed by atoms with Gasteiger partial charge in [-0.05, 0) is 48.4 Å². The highest BCUT2D eigenvalue weighted by atomic mass is 79.9. The van der Waals surface area contributed by atoms with Crippen molar-refractivity contribution in [2.75, 3.05) is 0 Å². The second kappa shape index (κ2) is 6.76. The molecule has 28 heavy (non-hydrogen) atoms. The molecule has 0 N–H and O–H groups in total. The number of rotatable bonds is 3. The maximum Gasteiger partial charge on any atom is 0.336 e. The summed E-state index contributed by atoms with van der Waals surface area (Å²) in [5, 5.41) is 11.6. The molecule has 0 bridgehead atoms. The van der Waals surface area contributed by atoms with Crippen LogP contribution in [0.2, 0.25) is 0 Å². The third-order valence-electron chi connectivity index (χ3n) is 4.72. The second-order valence-corrected chi connectivity index (χ2v) is 8.40. The number of pyridine rings is 1. The zero-order chi connectivity index (χ0) is 19.3. The molecule has 5 aromatic rings. The van der Waals surface area contributed by atoms with Gasteiger partial charge in [-0.1, -0.05) is 45.9 Å². The molecule has 0 amide bonds. The van der Waals surface area contributed by atoms with Crippen LogP contribution in [0.25, 0.3) is 27.5 Å². The van der Waals surface area contributed by atoms with Gasteiger partial charge in [0.25, 0.3) is 0 Å². The highest BCUT2D eigenvalue weighted by Crippen LogP contribution is 2.30. The highest BCUT2D eigenvalue weighted by molar-refractivity contribution is 9.10. The van der Waals surface area contributed by atoms with E-state index >= 15 is 0 Å². The van der Waals surface area contributed by atoms with E-state index in [2.05, 4.69) is 49.6 Å². The second-order valence-electron chi connectivity index (χ2n) is 6.54. The zero-order valence-corrected chi connectivity index (χ0v) is 17.3. The number of benzene rings is 2. The lowest BCUT2D eigenvalue weighted by molar-refractivity contribution is 0.559. The van der Waals surface area contributed by atoms with Gasteiger partial charge >= 0.3 is 5.63 Å². The number of aromatic nitrogens is 3. The van der Waals surface area contributed by atoms with Crippen molar-refractivity contribution in [1.29, 1.82) is 0 Å². The summed E-state index contributed by atoms with van der Waals surface area (Å²) in [6.45, 7) is 2.08. The molecule has 0 unspecified atom stereocenters. The van der Waals surface area contributed by atoms with E-state index in [1.165, 1.54) is 10.9 Å². The fourth-order valence-electron chi connectivity index (χ4n) is 3.43. The van der Waals surface area contributed by atoms with Crippen LogP contribution in [0.4, 0.5) is 0 Å². The van der Waals surface area contributed by atoms with Gasteiger partial charge in [-0.15, -0.1) is 10.2 Å². The van der Waals surface area contributed by atoms with Gasteiger partial charge < -0.3 is 4.42 Å². The van der Waals surface area contributed by atoms with E-state index in [9.17, 15) is 4.79 Å². The van der Waals surface area contributed by atoms with Gasteiger partial charge in [-0.2, -0.15) is 0 Å². The lowest BCUT2D eigenvalue weighted by Gasteiger charge is -2.08. The number of thioether (sulfide) groups is 1. The maximum atomic E-state index is 12.0. The van der Waals surface area contributed by atoms with Crippen LogP contribution in [0.5, 0.6) is 0 Å². The molecule has 138 valence electrons. The SMILES string of the molecule is Cc1cc2nnc(SCc3cc(=O)oc4cc(Br)ccc34)n2c2ccccc12. The first-order valence-corrected chi connectivity index (χ1v) is 10.5. The van der Waals surface area contributed by atoms with Crippen molar-refractivity contribution in [1.82, 2.24) is 14.6 Å². The Labute approximate surface area is 172 Å². The summed E-state index contributed by atoms with van der Waals surface area (Å²) in [7, 11) is 0. The van der Waals surface area contributed by atoms with Crippen LogP contribution in [-0.4, -0.2) is 14.6 Å². The predicted octanol–water partition coefficient (Wildman–Crippen LogP) is 5.35. The van der Waals surface area contributed by atoms with Crippen molar-refractivity contribution in [2.24, 2.45) is 0 Å². The molecule has 0 aliphatic carbocycles. The quantitative estimate of drug-likeness (QED) is 0.273. The summed E-state index contributed by atoms with van der Waals surface area (Å²) in [4.78, 5) is 12.0. The monoisotopic (exact) mass is 451 g/mol. The molecule has 0 spiro atoms. The van der Waals surface area contributed by atoms with E-state index in [1.54, 1.807) is 17.8 Å². The molecule has 2 aromatic carbocycles. The van der Waals surface area contributed by atoms with Gasteiger partial charge in [0.15, 0.2) is 10.8 Å². The molecule has 0 aliphatic rings. The Bertz CT molecular complexity index is 1420. The summed E-state index contributed by atoms with van der Waals surface area (Å²) in [5.41, 5.74) is 4.20. The van der Waals surface area contributed by atoms with E-state index < -0.39 is 0 Å². The first kappa shape index (κ1) is 17.5. The maximum absolute atomic E-state index is 12.0. The van der Waals surface area contributed by atoms with Crippen molar-refractivity contribution in [3.8, 4) is 0 Å². The van der Waals surface area contributed by atoms with Gasteiger partial charge in [0.05, 0.1) is 5.52 Å². The largest absolute Gasteiger partial charge is 0.423 e. The zero-order valence-electron chi connectivity index (χ0n) is 14.8. The van der Waals surface area contributed by atoms with Crippen molar-refractivity contribution in [2.45, 2.75) is 17.8 Å². The first-order valence-electron chi connectivity index (χ1n) is 8.69. The molecule has 7 heteroatoms. The van der Waals surface area contributed by atoms with Gasteiger partial charge in [0.2, 0.25) is 0 Å². The number of nitrogens with zero attached hydrogens (tertiary/aromatic N) is 3. The van der Waals surface area contributed by atoms with Crippen LogP contribution in [0.3, 0.4) is 0 Å². The number of halogens is 1. The molecule has 0 radical (unpaired) electrons. The Hall–Kier alpha value is -2.64. The molecular formula is C21H14BrN3O2S. The van der Waals surface area contributed by atoms with Crippen LogP contribution in [-0.2, 0) is 5.75 Å². The van der Waals surface area contributed by atoms with Crippen molar-refractivity contribution < 1.29 is 4.42 Å². The number of fused-ring (bicyclic) bond motifs is 4. The molecule has 0 saturated carbocycles. The minimum atomic E-state index is -0.353. The van der Waals surface area contributed by atoms with E-state index in [0.717, 1.165) is 31.7 Å². The van der Waals surface area contributed by atoms with Crippen LogP contribution in [0.15, 0.2) is 73.4 Å². The minimum absolute atomic E-state index is 0.353. The summed E-state index contributed by atoms with van der Waals surface area (Å²) >= 11 is 4.97. The van der Waals surface area contributed by atoms with Gasteiger partial charge in [-0.25, -0.2) is 4.79 Å². The summed E-state index contributed by atoms with van der Waals surface area (Å²) in [6.07, 6.45) is 0. The van der Waals surface area contributed by atoms with Gasteiger partial charge in [0, 0.05) is 27.1 Å². The average molecular weight is 452 g/mol. The van der Waals surface area contributed by atoms with Crippen LogP contribution < -0.4 is 5.63 Å². The van der Waals surface area contributed by atoms with Crippen LogP contribution in [0, 0.1) is 6.92 Å². The molecule has 5 rings (SSSR count). The fraction of sp³-hybridized carbons (Fsp3) is 0.0952. The van der Waals surface area contributed by atoms with Crippen molar-refractivity contribution >= 4 is 55.2 Å². The summed E-state index contributed by atoms with van der Waals surface area (Å²) in [6, 6.07) is 17.5. The molecule has 3 aromatic heterocycles. The number of para-hydroxylation sites is 1. The average Bonchev–Trinajstić information content (AvgIpc) is 3.08. The lowest BCUT2D eigenvalue weighted by atomic mass is 10.1. The smallest absolute Gasteiger partial charge is 0.336 e. The van der Waals surface area contributed by atoms with Gasteiger partial charge in [0.1, 0.15) is 5.58 Å². The Balaban J connectivity index is 1.60. The Morgan fingerprint density at radius 3 is 2.82 bits per heavy atom. The van der Waals surface area contributed by atoms with Crippen LogP contribution in [0.1, 0.15) is 11.1 Å².